The van der Waals surface area contributed by atoms with Crippen LogP contribution in [0.2, 0.25) is 15.1 Å². The van der Waals surface area contributed by atoms with Gasteiger partial charge in [0, 0.05) is 32.2 Å². The van der Waals surface area contributed by atoms with Gasteiger partial charge in [-0.3, -0.25) is 9.78 Å². The van der Waals surface area contributed by atoms with Crippen molar-refractivity contribution in [3.8, 4) is 0 Å². The van der Waals surface area contributed by atoms with Gasteiger partial charge in [0.1, 0.15) is 5.69 Å². The number of halogens is 3. The fraction of sp³-hybridized carbons (Fsp3) is 0. The number of nitrogens with zero attached hydrogens (tertiary/aromatic N) is 1. The molecular formula is C20H10Cl3NO. The van der Waals surface area contributed by atoms with E-state index >= 15 is 0 Å². The van der Waals surface area contributed by atoms with E-state index in [1.165, 1.54) is 0 Å². The largest absolute Gasteiger partial charge is 0.287 e. The Kier molecular flexibility index (Phi) is 4.12. The molecule has 0 aliphatic heterocycles. The van der Waals surface area contributed by atoms with Gasteiger partial charge in [0.25, 0.3) is 0 Å². The Morgan fingerprint density at radius 2 is 1.52 bits per heavy atom. The summed E-state index contributed by atoms with van der Waals surface area (Å²) >= 11 is 18.7. The molecule has 2 nitrogen and oxygen atoms in total. The highest BCUT2D eigenvalue weighted by Gasteiger charge is 2.17. The van der Waals surface area contributed by atoms with E-state index in [9.17, 15) is 4.79 Å². The summed E-state index contributed by atoms with van der Waals surface area (Å²) in [5.41, 5.74) is 0.908. The monoisotopic (exact) mass is 385 g/mol. The van der Waals surface area contributed by atoms with Gasteiger partial charge >= 0.3 is 0 Å². The summed E-state index contributed by atoms with van der Waals surface area (Å²) in [6.45, 7) is 0. The summed E-state index contributed by atoms with van der Waals surface area (Å²) < 4.78 is 0. The number of ketones is 1. The Labute approximate surface area is 159 Å². The molecule has 0 bridgehead atoms. The van der Waals surface area contributed by atoms with Gasteiger partial charge in [0.15, 0.2) is 0 Å². The zero-order valence-electron chi connectivity index (χ0n) is 12.8. The standard InChI is InChI=1S/C20H10Cl3NO/c21-11-4-5-13-14(7-11)15-8-12(22)9-18(23)16(15)10-17(13)20(25)19-3-1-2-6-24-19/h1-10H. The second-order valence-corrected chi connectivity index (χ2v) is 6.92. The van der Waals surface area contributed by atoms with E-state index < -0.39 is 0 Å². The first kappa shape index (κ1) is 16.3. The van der Waals surface area contributed by atoms with E-state index in [1.54, 1.807) is 42.6 Å². The molecule has 0 atom stereocenters. The number of pyridine rings is 1. The molecule has 0 fully saturated rings. The minimum absolute atomic E-state index is 0.166. The van der Waals surface area contributed by atoms with E-state index in [1.807, 2.05) is 18.2 Å². The number of hydrogen-bond acceptors (Lipinski definition) is 2. The van der Waals surface area contributed by atoms with E-state index in [0.717, 1.165) is 21.5 Å². The average Bonchev–Trinajstić information content (AvgIpc) is 2.61. The second-order valence-electron chi connectivity index (χ2n) is 5.64. The third-order valence-corrected chi connectivity index (χ3v) is 4.85. The maximum absolute atomic E-state index is 13.0. The van der Waals surface area contributed by atoms with Gasteiger partial charge in [-0.1, -0.05) is 46.9 Å². The van der Waals surface area contributed by atoms with Gasteiger partial charge in [-0.05, 0) is 58.6 Å². The van der Waals surface area contributed by atoms with Crippen LogP contribution in [0.5, 0.6) is 0 Å². The molecule has 122 valence electrons. The first-order chi connectivity index (χ1) is 12.0. The van der Waals surface area contributed by atoms with Crippen LogP contribution in [0.1, 0.15) is 16.1 Å². The summed E-state index contributed by atoms with van der Waals surface area (Å²) in [6, 6.07) is 16.0. The van der Waals surface area contributed by atoms with Crippen LogP contribution in [-0.4, -0.2) is 10.8 Å². The van der Waals surface area contributed by atoms with Crippen molar-refractivity contribution in [2.24, 2.45) is 0 Å². The summed E-state index contributed by atoms with van der Waals surface area (Å²) in [7, 11) is 0. The van der Waals surface area contributed by atoms with Crippen LogP contribution in [0.15, 0.2) is 60.8 Å². The van der Waals surface area contributed by atoms with Gasteiger partial charge in [-0.2, -0.15) is 0 Å². The van der Waals surface area contributed by atoms with Crippen molar-refractivity contribution >= 4 is 62.1 Å². The quantitative estimate of drug-likeness (QED) is 0.288. The zero-order chi connectivity index (χ0) is 17.6. The Morgan fingerprint density at radius 1 is 0.760 bits per heavy atom. The second kappa shape index (κ2) is 6.30. The summed E-state index contributed by atoms with van der Waals surface area (Å²) in [4.78, 5) is 17.2. The molecule has 0 N–H and O–H groups in total. The minimum atomic E-state index is -0.166. The lowest BCUT2D eigenvalue weighted by Crippen LogP contribution is -2.04. The number of rotatable bonds is 2. The molecule has 0 saturated heterocycles. The van der Waals surface area contributed by atoms with Gasteiger partial charge in [0.2, 0.25) is 5.78 Å². The average molecular weight is 387 g/mol. The number of carbonyl (C=O) groups excluding carboxylic acids is 1. The molecule has 0 saturated carbocycles. The van der Waals surface area contributed by atoms with Crippen molar-refractivity contribution in [3.05, 3.63) is 87.1 Å². The maximum Gasteiger partial charge on any atom is 0.211 e. The lowest BCUT2D eigenvalue weighted by atomic mass is 9.94. The Morgan fingerprint density at radius 3 is 2.28 bits per heavy atom. The molecule has 4 aromatic rings. The van der Waals surface area contributed by atoms with Crippen molar-refractivity contribution in [1.82, 2.24) is 4.98 Å². The van der Waals surface area contributed by atoms with Crippen LogP contribution < -0.4 is 0 Å². The van der Waals surface area contributed by atoms with E-state index in [4.69, 9.17) is 34.8 Å². The molecule has 3 aromatic carbocycles. The third-order valence-electron chi connectivity index (χ3n) is 4.09. The van der Waals surface area contributed by atoms with Crippen LogP contribution in [0.3, 0.4) is 0 Å². The normalized spacial score (nSPS) is 11.2. The lowest BCUT2D eigenvalue weighted by molar-refractivity contribution is 0.103. The van der Waals surface area contributed by atoms with Crippen molar-refractivity contribution in [3.63, 3.8) is 0 Å². The highest BCUT2D eigenvalue weighted by atomic mass is 35.5. The molecule has 4 rings (SSSR count). The minimum Gasteiger partial charge on any atom is -0.287 e. The van der Waals surface area contributed by atoms with Crippen LogP contribution in [-0.2, 0) is 0 Å². The molecule has 0 unspecified atom stereocenters. The van der Waals surface area contributed by atoms with Gasteiger partial charge < -0.3 is 0 Å². The Balaban J connectivity index is 2.12. The van der Waals surface area contributed by atoms with Gasteiger partial charge in [-0.15, -0.1) is 0 Å². The molecule has 25 heavy (non-hydrogen) atoms. The SMILES string of the molecule is O=C(c1ccccn1)c1cc2c(Cl)cc(Cl)cc2c2cc(Cl)ccc12. The van der Waals surface area contributed by atoms with Crippen molar-refractivity contribution in [1.29, 1.82) is 0 Å². The van der Waals surface area contributed by atoms with Crippen LogP contribution >= 0.6 is 34.8 Å². The highest BCUT2D eigenvalue weighted by Crippen LogP contribution is 2.37. The first-order valence-corrected chi connectivity index (χ1v) is 8.65. The van der Waals surface area contributed by atoms with Gasteiger partial charge in [0.05, 0.1) is 0 Å². The van der Waals surface area contributed by atoms with E-state index in [-0.39, 0.29) is 5.78 Å². The fourth-order valence-electron chi connectivity index (χ4n) is 2.97. The molecular weight excluding hydrogens is 377 g/mol. The molecule has 1 heterocycles. The Hall–Kier alpha value is -2.13. The predicted molar refractivity (Wildman–Crippen MR) is 104 cm³/mol. The lowest BCUT2D eigenvalue weighted by Gasteiger charge is -2.12. The smallest absolute Gasteiger partial charge is 0.211 e. The topological polar surface area (TPSA) is 30.0 Å². The number of benzene rings is 3. The van der Waals surface area contributed by atoms with Crippen molar-refractivity contribution < 1.29 is 4.79 Å². The number of aromatic nitrogens is 1. The molecule has 0 spiro atoms. The predicted octanol–water partition coefficient (Wildman–Crippen LogP) is 6.58. The van der Waals surface area contributed by atoms with Crippen molar-refractivity contribution in [2.75, 3.05) is 0 Å². The van der Waals surface area contributed by atoms with Crippen LogP contribution in [0.4, 0.5) is 0 Å². The molecule has 0 amide bonds. The fourth-order valence-corrected chi connectivity index (χ4v) is 3.69. The highest BCUT2D eigenvalue weighted by molar-refractivity contribution is 6.40. The third kappa shape index (κ3) is 2.87. The summed E-state index contributed by atoms with van der Waals surface area (Å²) in [6.07, 6.45) is 1.60. The molecule has 0 aliphatic carbocycles. The van der Waals surface area contributed by atoms with Crippen LogP contribution in [0, 0.1) is 0 Å². The van der Waals surface area contributed by atoms with Crippen LogP contribution in [0.25, 0.3) is 21.5 Å². The van der Waals surface area contributed by atoms with E-state index in [0.29, 0.717) is 26.3 Å². The summed E-state index contributed by atoms with van der Waals surface area (Å²) in [5, 5.41) is 4.81. The molecule has 5 heteroatoms. The van der Waals surface area contributed by atoms with E-state index in [2.05, 4.69) is 4.98 Å². The number of fused-ring (bicyclic) bond motifs is 3. The maximum atomic E-state index is 13.0. The molecule has 0 aliphatic rings. The summed E-state index contributed by atoms with van der Waals surface area (Å²) in [5.74, 6) is -0.166. The van der Waals surface area contributed by atoms with Gasteiger partial charge in [-0.25, -0.2) is 0 Å². The van der Waals surface area contributed by atoms with Crippen molar-refractivity contribution in [2.45, 2.75) is 0 Å². The first-order valence-electron chi connectivity index (χ1n) is 7.51. The number of carbonyl (C=O) groups is 1. The Bertz CT molecular complexity index is 1140. The molecule has 0 radical (unpaired) electrons. The zero-order valence-corrected chi connectivity index (χ0v) is 15.0. The molecule has 1 aromatic heterocycles. The number of hydrogen-bond donors (Lipinski definition) is 0.